The molecule has 4 heterocycles. The van der Waals surface area contributed by atoms with Crippen molar-refractivity contribution in [2.24, 2.45) is 0 Å². The van der Waals surface area contributed by atoms with Gasteiger partial charge < -0.3 is 42.7 Å². The molecule has 85 heavy (non-hydrogen) atoms. The van der Waals surface area contributed by atoms with Crippen LogP contribution in [0.3, 0.4) is 0 Å². The number of alkyl carbamates (subject to hydrolysis) is 1. The van der Waals surface area contributed by atoms with E-state index in [1.54, 1.807) is 64.5 Å². The Morgan fingerprint density at radius 1 is 0.553 bits per heavy atom. The average molecular weight is 1210 g/mol. The molecule has 0 spiro atoms. The third-order valence-corrected chi connectivity index (χ3v) is 16.5. The van der Waals surface area contributed by atoms with Crippen molar-refractivity contribution in [2.45, 2.75) is 71.3 Å². The predicted octanol–water partition coefficient (Wildman–Crippen LogP) is 7.97. The van der Waals surface area contributed by atoms with Gasteiger partial charge in [-0.25, -0.2) is 24.5 Å². The molecule has 1 N–H and O–H groups in total. The first-order chi connectivity index (χ1) is 40.8. The number of methoxy groups -OCH3 is 3. The summed E-state index contributed by atoms with van der Waals surface area (Å²) in [7, 11) is -2.17. The molecule has 0 aliphatic carbocycles. The second kappa shape index (κ2) is 32.1. The van der Waals surface area contributed by atoms with Gasteiger partial charge in [-0.15, -0.1) is 0 Å². The minimum absolute atomic E-state index is 0.0742. The standard InChI is InChI=1S/C65H76N7O10P3/c1-65(2,3)82-64(74)66-31-11-10-12-56-45-71(43-54-37-51(40-61(68-54)84(8)76)17-14-48-21-27-58(79-5)28-22-48)33-32-70(42-53-36-50(39-60(67-53)83(7)75)16-13-47-19-25-57(78-4)26-20-47)34-35-72(56)44-55-38-52(41-62(69-55)85(9)77)18-15-49-23-29-59(30-24-49)81-46-63(73)80-6/h19-30,36-41,56,83-85H,10-12,31-35,42-46H2,1-9H3,(H,66,74)/t56-/m0/s1. The van der Waals surface area contributed by atoms with E-state index in [1.165, 1.54) is 7.11 Å². The Morgan fingerprint density at radius 3 is 1.40 bits per heavy atom. The van der Waals surface area contributed by atoms with Crippen LogP contribution in [0.5, 0.6) is 17.2 Å². The van der Waals surface area contributed by atoms with Crippen molar-refractivity contribution < 1.29 is 47.0 Å². The van der Waals surface area contributed by atoms with Crippen LogP contribution in [-0.4, -0.2) is 141 Å². The second-order valence-corrected chi connectivity index (χ2v) is 26.4. The lowest BCUT2D eigenvalue weighted by Crippen LogP contribution is -2.45. The molecule has 0 radical (unpaired) electrons. The Balaban J connectivity index is 1.26. The van der Waals surface area contributed by atoms with E-state index < -0.39 is 41.1 Å². The van der Waals surface area contributed by atoms with Crippen LogP contribution in [0.2, 0.25) is 0 Å². The fourth-order valence-corrected chi connectivity index (χ4v) is 11.2. The smallest absolute Gasteiger partial charge is 0.407 e. The molecule has 17 nitrogen and oxygen atoms in total. The minimum Gasteiger partial charge on any atom is -0.497 e. The maximum Gasteiger partial charge on any atom is 0.407 e. The molecule has 6 aromatic rings. The zero-order valence-corrected chi connectivity index (χ0v) is 52.9. The van der Waals surface area contributed by atoms with Gasteiger partial charge in [0.1, 0.15) is 46.3 Å². The van der Waals surface area contributed by atoms with Crippen LogP contribution in [-0.2, 0) is 47.6 Å². The lowest BCUT2D eigenvalue weighted by Gasteiger charge is -2.35. The van der Waals surface area contributed by atoms with Crippen molar-refractivity contribution in [1.82, 2.24) is 35.0 Å². The highest BCUT2D eigenvalue weighted by molar-refractivity contribution is 7.52. The molecule has 20 heteroatoms. The summed E-state index contributed by atoms with van der Waals surface area (Å²) in [6.07, 6.45) is 1.72. The zero-order valence-electron chi connectivity index (χ0n) is 49.9. The molecular formula is C65H76N7O10P3. The van der Waals surface area contributed by atoms with E-state index in [0.717, 1.165) is 46.9 Å². The largest absolute Gasteiger partial charge is 0.497 e. The molecule has 3 aromatic heterocycles. The molecule has 1 amide bonds. The molecule has 7 rings (SSSR count). The summed E-state index contributed by atoms with van der Waals surface area (Å²) in [5, 5.41) is 2.92. The lowest BCUT2D eigenvalue weighted by atomic mass is 10.1. The van der Waals surface area contributed by atoms with Crippen LogP contribution in [0, 0.1) is 35.5 Å². The molecule has 446 valence electrons. The Morgan fingerprint density at radius 2 is 0.965 bits per heavy atom. The number of nitrogens with one attached hydrogen (secondary N) is 1. The van der Waals surface area contributed by atoms with Crippen LogP contribution in [0.25, 0.3) is 0 Å². The van der Waals surface area contributed by atoms with E-state index in [0.29, 0.717) is 115 Å². The van der Waals surface area contributed by atoms with Crippen LogP contribution in [0.1, 0.15) is 90.5 Å². The molecule has 3 unspecified atom stereocenters. The van der Waals surface area contributed by atoms with Gasteiger partial charge in [0.2, 0.25) is 0 Å². The SMILES string of the molecule is COC(=O)COc1ccc(C#Cc2cc(CN3CCN(Cc4cc(C#Cc5ccc(OC)cc5)cc([PH](C)=O)n4)CCN(Cc4cc(C#Cc5ccc(OC)cc5)cc([PH](C)=O)n4)C[C@@H]3CCCCNC(=O)OC(C)(C)C)nc([PH](C)=O)c2)cc1. The van der Waals surface area contributed by atoms with Gasteiger partial charge in [-0.2, -0.15) is 0 Å². The van der Waals surface area contributed by atoms with Crippen LogP contribution in [0.4, 0.5) is 4.79 Å². The molecule has 4 atom stereocenters. The number of pyridine rings is 3. The summed E-state index contributed by atoms with van der Waals surface area (Å²) in [4.78, 5) is 46.5. The average Bonchev–Trinajstić information content (AvgIpc) is 3.75. The maximum absolute atomic E-state index is 13.4. The first-order valence-electron chi connectivity index (χ1n) is 28.2. The maximum atomic E-state index is 13.4. The van der Waals surface area contributed by atoms with Gasteiger partial charge >= 0.3 is 12.1 Å². The van der Waals surface area contributed by atoms with Crippen LogP contribution in [0.15, 0.2) is 109 Å². The molecule has 1 aliphatic heterocycles. The summed E-state index contributed by atoms with van der Waals surface area (Å²) in [5.74, 6) is 21.1. The predicted molar refractivity (Wildman–Crippen MR) is 337 cm³/mol. The lowest BCUT2D eigenvalue weighted by molar-refractivity contribution is -0.142. The van der Waals surface area contributed by atoms with Crippen molar-refractivity contribution in [3.8, 4) is 52.8 Å². The molecule has 1 fully saturated rings. The Labute approximate surface area is 502 Å². The number of carbonyl (C=O) groups excluding carboxylic acids is 2. The van der Waals surface area contributed by atoms with Gasteiger partial charge in [-0.05, 0) is 163 Å². The number of aromatic nitrogens is 3. The van der Waals surface area contributed by atoms with Crippen LogP contribution < -0.4 is 35.8 Å². The number of esters is 1. The van der Waals surface area contributed by atoms with E-state index in [1.807, 2.05) is 99.6 Å². The van der Waals surface area contributed by atoms with Gasteiger partial charge in [0, 0.05) is 98.3 Å². The molecule has 0 bridgehead atoms. The minimum atomic E-state index is -2.27. The molecular weight excluding hydrogens is 1130 g/mol. The van der Waals surface area contributed by atoms with Crippen molar-refractivity contribution >= 4 is 51.8 Å². The van der Waals surface area contributed by atoms with Gasteiger partial charge in [0.15, 0.2) is 6.61 Å². The Hall–Kier alpha value is -7.50. The number of benzene rings is 3. The number of rotatable bonds is 19. The van der Waals surface area contributed by atoms with E-state index >= 15 is 0 Å². The Bertz CT molecular complexity index is 3540. The third kappa shape index (κ3) is 21.8. The topological polar surface area (TPSA) is 192 Å². The van der Waals surface area contributed by atoms with Crippen molar-refractivity contribution in [3.05, 3.63) is 160 Å². The summed E-state index contributed by atoms with van der Waals surface area (Å²) < 4.78 is 66.4. The number of hydrogen-bond acceptors (Lipinski definition) is 16. The summed E-state index contributed by atoms with van der Waals surface area (Å²) in [6, 6.07) is 33.3. The fraction of sp³-hybridized carbons (Fsp3) is 0.369. The van der Waals surface area contributed by atoms with Gasteiger partial charge in [0.05, 0.1) is 54.7 Å². The first kappa shape index (κ1) is 65.1. The molecule has 0 saturated carbocycles. The van der Waals surface area contributed by atoms with Gasteiger partial charge in [-0.3, -0.25) is 14.7 Å². The highest BCUT2D eigenvalue weighted by Crippen LogP contribution is 2.23. The number of nitrogens with zero attached hydrogens (tertiary/aromatic N) is 6. The van der Waals surface area contributed by atoms with Crippen molar-refractivity contribution in [3.63, 3.8) is 0 Å². The number of unbranched alkanes of at least 4 members (excludes halogenated alkanes) is 1. The van der Waals surface area contributed by atoms with Crippen molar-refractivity contribution in [2.75, 3.05) is 87.2 Å². The van der Waals surface area contributed by atoms with E-state index in [4.69, 9.17) is 38.6 Å². The Kier molecular flexibility index (Phi) is 24.6. The fourth-order valence-electron chi connectivity index (χ4n) is 9.19. The first-order valence-corrected chi connectivity index (χ1v) is 33.9. The number of amides is 1. The van der Waals surface area contributed by atoms with E-state index in [-0.39, 0.29) is 12.6 Å². The number of ether oxygens (including phenoxy) is 5. The summed E-state index contributed by atoms with van der Waals surface area (Å²) in [6.45, 7) is 15.0. The van der Waals surface area contributed by atoms with Crippen LogP contribution >= 0.6 is 23.4 Å². The van der Waals surface area contributed by atoms with Gasteiger partial charge in [-0.1, -0.05) is 41.9 Å². The molecule has 3 aromatic carbocycles. The molecule has 1 aliphatic rings. The summed E-state index contributed by atoms with van der Waals surface area (Å²) in [5.41, 5.74) is 7.38. The number of hydrogen-bond donors (Lipinski definition) is 1. The number of carbonyl (C=O) groups is 2. The van der Waals surface area contributed by atoms with E-state index in [2.05, 4.69) is 55.5 Å². The van der Waals surface area contributed by atoms with Crippen molar-refractivity contribution in [1.29, 1.82) is 0 Å². The monoisotopic (exact) mass is 1210 g/mol. The highest BCUT2D eigenvalue weighted by atomic mass is 31.1. The normalized spacial score (nSPS) is 15.0. The third-order valence-electron chi connectivity index (χ3n) is 13.6. The second-order valence-electron chi connectivity index (χ2n) is 21.5. The highest BCUT2D eigenvalue weighted by Gasteiger charge is 2.27. The zero-order chi connectivity index (χ0) is 60.9. The summed E-state index contributed by atoms with van der Waals surface area (Å²) >= 11 is 0. The molecule has 1 saturated heterocycles. The van der Waals surface area contributed by atoms with E-state index in [9.17, 15) is 23.3 Å². The quantitative estimate of drug-likeness (QED) is 0.0355. The van der Waals surface area contributed by atoms with Gasteiger partial charge in [0.25, 0.3) is 0 Å².